The Morgan fingerprint density at radius 3 is 1.88 bits per heavy atom. The SMILES string of the molecule is CC(C)Nc1nc(NCCOCCOCCNC(=O)c2ccccc2)nc(NC(C)C)n1. The normalized spacial score (nSPS) is 10.9. The monoisotopic (exact) mass is 445 g/mol. The summed E-state index contributed by atoms with van der Waals surface area (Å²) in [6.07, 6.45) is 0. The van der Waals surface area contributed by atoms with Gasteiger partial charge in [-0.25, -0.2) is 0 Å². The van der Waals surface area contributed by atoms with Gasteiger partial charge in [0.1, 0.15) is 0 Å². The third-order valence-electron chi connectivity index (χ3n) is 3.94. The molecule has 1 amide bonds. The predicted molar refractivity (Wildman–Crippen MR) is 126 cm³/mol. The van der Waals surface area contributed by atoms with Crippen LogP contribution in [-0.2, 0) is 9.47 Å². The van der Waals surface area contributed by atoms with Crippen LogP contribution in [0.1, 0.15) is 38.1 Å². The molecule has 0 aliphatic carbocycles. The molecule has 0 aliphatic rings. The molecule has 10 heteroatoms. The van der Waals surface area contributed by atoms with E-state index in [4.69, 9.17) is 9.47 Å². The number of amides is 1. The molecule has 0 radical (unpaired) electrons. The van der Waals surface area contributed by atoms with Crippen LogP contribution >= 0.6 is 0 Å². The Kier molecular flexibility index (Phi) is 11.2. The quantitative estimate of drug-likeness (QED) is 0.306. The molecule has 0 bridgehead atoms. The average Bonchev–Trinajstić information content (AvgIpc) is 2.74. The van der Waals surface area contributed by atoms with Gasteiger partial charge in [-0.2, -0.15) is 15.0 Å². The van der Waals surface area contributed by atoms with Crippen molar-refractivity contribution in [1.29, 1.82) is 0 Å². The number of carbonyl (C=O) groups is 1. The highest BCUT2D eigenvalue weighted by Crippen LogP contribution is 2.11. The molecule has 1 heterocycles. The van der Waals surface area contributed by atoms with Crippen LogP contribution in [0, 0.1) is 0 Å². The van der Waals surface area contributed by atoms with Crippen LogP contribution in [0.15, 0.2) is 30.3 Å². The van der Waals surface area contributed by atoms with Crippen molar-refractivity contribution in [3.8, 4) is 0 Å². The fraction of sp³-hybridized carbons (Fsp3) is 0.545. The van der Waals surface area contributed by atoms with E-state index in [9.17, 15) is 4.79 Å². The molecule has 2 aromatic rings. The molecule has 2 rings (SSSR count). The third kappa shape index (κ3) is 10.4. The van der Waals surface area contributed by atoms with Crippen molar-refractivity contribution in [2.75, 3.05) is 55.5 Å². The molecule has 10 nitrogen and oxygen atoms in total. The first-order valence-corrected chi connectivity index (χ1v) is 11.0. The summed E-state index contributed by atoms with van der Waals surface area (Å²) >= 11 is 0. The van der Waals surface area contributed by atoms with Gasteiger partial charge in [0, 0.05) is 30.7 Å². The van der Waals surface area contributed by atoms with Crippen molar-refractivity contribution < 1.29 is 14.3 Å². The summed E-state index contributed by atoms with van der Waals surface area (Å²) in [7, 11) is 0. The van der Waals surface area contributed by atoms with E-state index in [2.05, 4.69) is 36.2 Å². The first kappa shape index (κ1) is 25.3. The molecule has 1 aromatic heterocycles. The Labute approximate surface area is 189 Å². The third-order valence-corrected chi connectivity index (χ3v) is 3.94. The maximum atomic E-state index is 11.9. The fourth-order valence-corrected chi connectivity index (χ4v) is 2.59. The van der Waals surface area contributed by atoms with Crippen LogP contribution < -0.4 is 21.3 Å². The molecule has 176 valence electrons. The predicted octanol–water partition coefficient (Wildman–Crippen LogP) is 2.39. The average molecular weight is 446 g/mol. The number of hydrogen-bond acceptors (Lipinski definition) is 9. The lowest BCUT2D eigenvalue weighted by Gasteiger charge is -2.14. The van der Waals surface area contributed by atoms with E-state index in [1.54, 1.807) is 12.1 Å². The van der Waals surface area contributed by atoms with E-state index in [0.29, 0.717) is 62.9 Å². The number of ether oxygens (including phenoxy) is 2. The van der Waals surface area contributed by atoms with Gasteiger partial charge in [-0.1, -0.05) is 18.2 Å². The summed E-state index contributed by atoms with van der Waals surface area (Å²) in [5.41, 5.74) is 0.640. The highest BCUT2D eigenvalue weighted by molar-refractivity contribution is 5.94. The Morgan fingerprint density at radius 1 is 0.781 bits per heavy atom. The van der Waals surface area contributed by atoms with E-state index in [1.807, 2.05) is 45.9 Å². The van der Waals surface area contributed by atoms with Crippen molar-refractivity contribution in [3.05, 3.63) is 35.9 Å². The van der Waals surface area contributed by atoms with Crippen molar-refractivity contribution in [2.24, 2.45) is 0 Å². The van der Waals surface area contributed by atoms with Crippen LogP contribution in [0.5, 0.6) is 0 Å². The molecule has 0 saturated heterocycles. The topological polar surface area (TPSA) is 122 Å². The lowest BCUT2D eigenvalue weighted by atomic mass is 10.2. The lowest BCUT2D eigenvalue weighted by Crippen LogP contribution is -2.27. The minimum absolute atomic E-state index is 0.103. The Hall–Kier alpha value is -2.98. The van der Waals surface area contributed by atoms with Crippen molar-refractivity contribution in [3.63, 3.8) is 0 Å². The molecule has 1 aromatic carbocycles. The second-order valence-electron chi connectivity index (χ2n) is 7.68. The van der Waals surface area contributed by atoms with Crippen LogP contribution in [0.3, 0.4) is 0 Å². The fourth-order valence-electron chi connectivity index (χ4n) is 2.59. The van der Waals surface area contributed by atoms with Crippen molar-refractivity contribution >= 4 is 23.8 Å². The standard InChI is InChI=1S/C22H35N7O3/c1-16(2)25-21-27-20(28-22(29-21)26-17(3)4)24-11-13-32-15-14-31-12-10-23-19(30)18-8-6-5-7-9-18/h5-9,16-17H,10-15H2,1-4H3,(H,23,30)(H3,24,25,26,27,28,29). The minimum atomic E-state index is -0.103. The Balaban J connectivity index is 1.58. The summed E-state index contributed by atoms with van der Waals surface area (Å²) in [6, 6.07) is 9.53. The number of anilines is 3. The number of hydrogen-bond donors (Lipinski definition) is 4. The molecule has 0 aliphatic heterocycles. The Morgan fingerprint density at radius 2 is 1.31 bits per heavy atom. The molecule has 0 fully saturated rings. The van der Waals surface area contributed by atoms with Gasteiger partial charge < -0.3 is 30.7 Å². The van der Waals surface area contributed by atoms with Gasteiger partial charge >= 0.3 is 0 Å². The second kappa shape index (κ2) is 14.2. The van der Waals surface area contributed by atoms with Gasteiger partial charge in [0.15, 0.2) is 0 Å². The molecular weight excluding hydrogens is 410 g/mol. The van der Waals surface area contributed by atoms with Crippen LogP contribution in [0.25, 0.3) is 0 Å². The molecule has 0 unspecified atom stereocenters. The first-order valence-electron chi connectivity index (χ1n) is 11.0. The summed E-state index contributed by atoms with van der Waals surface area (Å²) in [5, 5.41) is 12.4. The van der Waals surface area contributed by atoms with E-state index >= 15 is 0 Å². The lowest BCUT2D eigenvalue weighted by molar-refractivity contribution is 0.0519. The summed E-state index contributed by atoms with van der Waals surface area (Å²) in [5.74, 6) is 1.43. The smallest absolute Gasteiger partial charge is 0.251 e. The minimum Gasteiger partial charge on any atom is -0.377 e. The van der Waals surface area contributed by atoms with Gasteiger partial charge in [-0.3, -0.25) is 4.79 Å². The zero-order chi connectivity index (χ0) is 23.2. The molecule has 32 heavy (non-hydrogen) atoms. The van der Waals surface area contributed by atoms with E-state index in [-0.39, 0.29) is 18.0 Å². The number of nitrogens with one attached hydrogen (secondary N) is 4. The van der Waals surface area contributed by atoms with Gasteiger partial charge in [0.2, 0.25) is 17.8 Å². The zero-order valence-electron chi connectivity index (χ0n) is 19.4. The van der Waals surface area contributed by atoms with E-state index in [1.165, 1.54) is 0 Å². The number of benzene rings is 1. The van der Waals surface area contributed by atoms with Crippen LogP contribution in [0.2, 0.25) is 0 Å². The molecule has 0 saturated carbocycles. The molecular formula is C22H35N7O3. The van der Waals surface area contributed by atoms with Gasteiger partial charge in [0.05, 0.1) is 26.4 Å². The highest BCUT2D eigenvalue weighted by atomic mass is 16.5. The molecule has 0 atom stereocenters. The maximum Gasteiger partial charge on any atom is 0.251 e. The highest BCUT2D eigenvalue weighted by Gasteiger charge is 2.08. The van der Waals surface area contributed by atoms with Crippen molar-refractivity contribution in [2.45, 2.75) is 39.8 Å². The van der Waals surface area contributed by atoms with Gasteiger partial charge in [-0.05, 0) is 39.8 Å². The zero-order valence-corrected chi connectivity index (χ0v) is 19.4. The molecule has 4 N–H and O–H groups in total. The largest absolute Gasteiger partial charge is 0.377 e. The first-order chi connectivity index (χ1) is 15.4. The molecule has 0 spiro atoms. The maximum absolute atomic E-state index is 11.9. The second-order valence-corrected chi connectivity index (χ2v) is 7.68. The Bertz CT molecular complexity index is 775. The summed E-state index contributed by atoms with van der Waals surface area (Å²) in [6.45, 7) is 11.0. The van der Waals surface area contributed by atoms with E-state index in [0.717, 1.165) is 0 Å². The summed E-state index contributed by atoms with van der Waals surface area (Å²) in [4.78, 5) is 25.0. The number of carbonyl (C=O) groups excluding carboxylic acids is 1. The van der Waals surface area contributed by atoms with Crippen LogP contribution in [-0.4, -0.2) is 72.5 Å². The van der Waals surface area contributed by atoms with Gasteiger partial charge in [0.25, 0.3) is 5.91 Å². The summed E-state index contributed by atoms with van der Waals surface area (Å²) < 4.78 is 11.0. The van der Waals surface area contributed by atoms with Crippen LogP contribution in [0.4, 0.5) is 17.8 Å². The number of rotatable bonds is 15. The number of nitrogens with zero attached hydrogens (tertiary/aromatic N) is 3. The number of aromatic nitrogens is 3. The van der Waals surface area contributed by atoms with E-state index < -0.39 is 0 Å². The van der Waals surface area contributed by atoms with Gasteiger partial charge in [-0.15, -0.1) is 0 Å². The van der Waals surface area contributed by atoms with Crippen molar-refractivity contribution in [1.82, 2.24) is 20.3 Å².